The summed E-state index contributed by atoms with van der Waals surface area (Å²) in [5.41, 5.74) is 0. The van der Waals surface area contributed by atoms with Gasteiger partial charge in [-0.05, 0) is 13.0 Å². The fourth-order valence-corrected chi connectivity index (χ4v) is 1.51. The van der Waals surface area contributed by atoms with Gasteiger partial charge in [0.2, 0.25) is 0 Å². The molecule has 2 nitrogen and oxygen atoms in total. The Morgan fingerprint density at radius 1 is 1.40 bits per heavy atom. The Morgan fingerprint density at radius 2 is 1.90 bits per heavy atom. The second-order valence-electron chi connectivity index (χ2n) is 3.72. The lowest BCUT2D eigenvalue weighted by Crippen LogP contribution is -2.50. The largest absolute Gasteiger partial charge is 0.392 e. The van der Waals surface area contributed by atoms with E-state index in [1.165, 1.54) is 0 Å². The molecule has 10 heavy (non-hydrogen) atoms. The molecule has 0 bridgehead atoms. The maximum Gasteiger partial charge on any atom is 0.0615 e. The molecule has 1 heterocycles. The van der Waals surface area contributed by atoms with Crippen LogP contribution in [0.1, 0.15) is 13.8 Å². The third-order valence-corrected chi connectivity index (χ3v) is 2.26. The van der Waals surface area contributed by atoms with E-state index in [0.29, 0.717) is 11.8 Å². The highest BCUT2D eigenvalue weighted by Gasteiger charge is 2.31. The molecule has 0 aromatic rings. The summed E-state index contributed by atoms with van der Waals surface area (Å²) in [5, 5.41) is 9.54. The SMILES string of the molecule is CC(C)C(O)C1CN(C)C1. The van der Waals surface area contributed by atoms with Crippen molar-refractivity contribution in [3.8, 4) is 0 Å². The number of rotatable bonds is 2. The van der Waals surface area contributed by atoms with Crippen LogP contribution in [0.5, 0.6) is 0 Å². The standard InChI is InChI=1S/C8H17NO/c1-6(2)8(10)7-4-9(3)5-7/h6-8,10H,4-5H2,1-3H3. The van der Waals surface area contributed by atoms with Crippen molar-refractivity contribution in [1.29, 1.82) is 0 Å². The van der Waals surface area contributed by atoms with Crippen molar-refractivity contribution in [2.24, 2.45) is 11.8 Å². The predicted molar refractivity (Wildman–Crippen MR) is 41.8 cm³/mol. The van der Waals surface area contributed by atoms with E-state index >= 15 is 0 Å². The number of hydrogen-bond donors (Lipinski definition) is 1. The maximum atomic E-state index is 9.54. The topological polar surface area (TPSA) is 23.5 Å². The van der Waals surface area contributed by atoms with Crippen molar-refractivity contribution >= 4 is 0 Å². The fourth-order valence-electron chi connectivity index (χ4n) is 1.51. The van der Waals surface area contributed by atoms with Crippen LogP contribution in [0.15, 0.2) is 0 Å². The first-order valence-corrected chi connectivity index (χ1v) is 3.98. The first-order valence-electron chi connectivity index (χ1n) is 3.98. The monoisotopic (exact) mass is 143 g/mol. The number of aliphatic hydroxyl groups excluding tert-OH is 1. The van der Waals surface area contributed by atoms with Crippen LogP contribution in [0.2, 0.25) is 0 Å². The van der Waals surface area contributed by atoms with Crippen molar-refractivity contribution in [2.75, 3.05) is 20.1 Å². The van der Waals surface area contributed by atoms with Gasteiger partial charge in [0.1, 0.15) is 0 Å². The number of likely N-dealkylation sites (tertiary alicyclic amines) is 1. The first kappa shape index (κ1) is 8.02. The molecule has 60 valence electrons. The molecule has 0 aliphatic carbocycles. The highest BCUT2D eigenvalue weighted by atomic mass is 16.3. The second kappa shape index (κ2) is 2.89. The summed E-state index contributed by atoms with van der Waals surface area (Å²) in [6.45, 7) is 6.28. The summed E-state index contributed by atoms with van der Waals surface area (Å²) in [5.74, 6) is 0.948. The second-order valence-corrected chi connectivity index (χ2v) is 3.72. The van der Waals surface area contributed by atoms with Crippen LogP contribution in [0.4, 0.5) is 0 Å². The molecule has 1 unspecified atom stereocenters. The van der Waals surface area contributed by atoms with Gasteiger partial charge in [0.05, 0.1) is 6.10 Å². The van der Waals surface area contributed by atoms with Gasteiger partial charge in [-0.3, -0.25) is 0 Å². The van der Waals surface area contributed by atoms with Gasteiger partial charge in [0, 0.05) is 19.0 Å². The zero-order valence-corrected chi connectivity index (χ0v) is 7.04. The predicted octanol–water partition coefficient (Wildman–Crippen LogP) is 0.565. The van der Waals surface area contributed by atoms with Crippen LogP contribution in [0, 0.1) is 11.8 Å². The Kier molecular flexibility index (Phi) is 2.32. The number of hydrogen-bond acceptors (Lipinski definition) is 2. The van der Waals surface area contributed by atoms with E-state index in [2.05, 4.69) is 25.8 Å². The van der Waals surface area contributed by atoms with Gasteiger partial charge in [-0.1, -0.05) is 13.8 Å². The molecule has 0 aromatic heterocycles. The molecule has 1 fully saturated rings. The third kappa shape index (κ3) is 1.50. The van der Waals surface area contributed by atoms with Crippen LogP contribution < -0.4 is 0 Å². The van der Waals surface area contributed by atoms with E-state index < -0.39 is 0 Å². The van der Waals surface area contributed by atoms with E-state index in [1.54, 1.807) is 0 Å². The molecule has 1 saturated heterocycles. The Hall–Kier alpha value is -0.0800. The van der Waals surface area contributed by atoms with E-state index in [1.807, 2.05) is 0 Å². The molecule has 2 heteroatoms. The van der Waals surface area contributed by atoms with Gasteiger partial charge in [-0.15, -0.1) is 0 Å². The lowest BCUT2D eigenvalue weighted by molar-refractivity contribution is -0.0149. The zero-order valence-electron chi connectivity index (χ0n) is 7.04. The summed E-state index contributed by atoms with van der Waals surface area (Å²) in [4.78, 5) is 2.23. The molecule has 1 atom stereocenters. The normalized spacial score (nSPS) is 24.9. The van der Waals surface area contributed by atoms with E-state index in [-0.39, 0.29) is 6.10 Å². The van der Waals surface area contributed by atoms with Gasteiger partial charge in [-0.25, -0.2) is 0 Å². The van der Waals surface area contributed by atoms with Crippen molar-refractivity contribution in [3.05, 3.63) is 0 Å². The summed E-state index contributed by atoms with van der Waals surface area (Å²) < 4.78 is 0. The van der Waals surface area contributed by atoms with E-state index in [4.69, 9.17) is 0 Å². The molecule has 0 aromatic carbocycles. The molecule has 0 radical (unpaired) electrons. The Balaban J connectivity index is 2.24. The Morgan fingerprint density at radius 3 is 2.20 bits per heavy atom. The molecule has 0 spiro atoms. The summed E-state index contributed by atoms with van der Waals surface area (Å²) in [6.07, 6.45) is -0.0869. The van der Waals surface area contributed by atoms with Crippen molar-refractivity contribution in [2.45, 2.75) is 20.0 Å². The average Bonchev–Trinajstić information content (AvgIpc) is 1.79. The van der Waals surface area contributed by atoms with Crippen molar-refractivity contribution in [3.63, 3.8) is 0 Å². The van der Waals surface area contributed by atoms with Crippen LogP contribution in [-0.4, -0.2) is 36.2 Å². The van der Waals surface area contributed by atoms with Crippen LogP contribution in [0.3, 0.4) is 0 Å². The zero-order chi connectivity index (χ0) is 7.72. The quantitative estimate of drug-likeness (QED) is 0.610. The minimum absolute atomic E-state index is 0.0869. The molecule has 1 rings (SSSR count). The molecular weight excluding hydrogens is 126 g/mol. The highest BCUT2D eigenvalue weighted by molar-refractivity contribution is 4.83. The number of aliphatic hydroxyl groups is 1. The van der Waals surface area contributed by atoms with Gasteiger partial charge >= 0.3 is 0 Å². The van der Waals surface area contributed by atoms with Crippen LogP contribution in [0.25, 0.3) is 0 Å². The highest BCUT2D eigenvalue weighted by Crippen LogP contribution is 2.21. The van der Waals surface area contributed by atoms with Crippen LogP contribution >= 0.6 is 0 Å². The smallest absolute Gasteiger partial charge is 0.0615 e. The van der Waals surface area contributed by atoms with Crippen molar-refractivity contribution < 1.29 is 5.11 Å². The molecule has 0 saturated carbocycles. The lowest BCUT2D eigenvalue weighted by atomic mass is 9.88. The average molecular weight is 143 g/mol. The fraction of sp³-hybridized carbons (Fsp3) is 1.00. The number of nitrogens with zero attached hydrogens (tertiary/aromatic N) is 1. The van der Waals surface area contributed by atoms with Crippen molar-refractivity contribution in [1.82, 2.24) is 4.90 Å². The van der Waals surface area contributed by atoms with Gasteiger partial charge in [-0.2, -0.15) is 0 Å². The molecule has 1 aliphatic heterocycles. The summed E-state index contributed by atoms with van der Waals surface area (Å²) in [7, 11) is 2.09. The Bertz CT molecular complexity index is 108. The van der Waals surface area contributed by atoms with E-state index in [0.717, 1.165) is 13.1 Å². The molecule has 1 aliphatic rings. The maximum absolute atomic E-state index is 9.54. The lowest BCUT2D eigenvalue weighted by Gasteiger charge is -2.40. The minimum atomic E-state index is -0.0869. The Labute approximate surface area is 62.8 Å². The summed E-state index contributed by atoms with van der Waals surface area (Å²) in [6, 6.07) is 0. The van der Waals surface area contributed by atoms with Gasteiger partial charge < -0.3 is 10.0 Å². The third-order valence-electron chi connectivity index (χ3n) is 2.26. The first-order chi connectivity index (χ1) is 4.61. The summed E-state index contributed by atoms with van der Waals surface area (Å²) >= 11 is 0. The van der Waals surface area contributed by atoms with Gasteiger partial charge in [0.15, 0.2) is 0 Å². The van der Waals surface area contributed by atoms with E-state index in [9.17, 15) is 5.11 Å². The molecular formula is C8H17NO. The molecule has 1 N–H and O–H groups in total. The van der Waals surface area contributed by atoms with Gasteiger partial charge in [0.25, 0.3) is 0 Å². The minimum Gasteiger partial charge on any atom is -0.392 e. The molecule has 0 amide bonds. The van der Waals surface area contributed by atoms with Crippen LogP contribution in [-0.2, 0) is 0 Å².